The molecule has 0 saturated heterocycles. The molecule has 22 heavy (non-hydrogen) atoms. The van der Waals surface area contributed by atoms with Gasteiger partial charge >= 0.3 is 0 Å². The van der Waals surface area contributed by atoms with E-state index in [1.807, 2.05) is 42.5 Å². The van der Waals surface area contributed by atoms with Crippen molar-refractivity contribution in [1.82, 2.24) is 9.97 Å². The first-order valence-electron chi connectivity index (χ1n) is 7.08. The molecule has 3 aromatic rings. The van der Waals surface area contributed by atoms with E-state index in [9.17, 15) is 5.11 Å². The highest BCUT2D eigenvalue weighted by atomic mass is 79.9. The minimum absolute atomic E-state index is 0.457. The molecule has 1 atom stereocenters. The number of aliphatic hydroxyl groups is 1. The van der Waals surface area contributed by atoms with Gasteiger partial charge in [-0.1, -0.05) is 30.3 Å². The van der Waals surface area contributed by atoms with Gasteiger partial charge in [0.25, 0.3) is 0 Å². The van der Waals surface area contributed by atoms with Gasteiger partial charge < -0.3 is 10.4 Å². The van der Waals surface area contributed by atoms with Gasteiger partial charge in [0.05, 0.1) is 17.3 Å². The minimum Gasteiger partial charge on any atom is -0.391 e. The number of fused-ring (bicyclic) bond motifs is 1. The Morgan fingerprint density at radius 1 is 1.14 bits per heavy atom. The standard InChI is InChI=1S/C17H16BrN3O/c18-13-9-16-17(21-10-13)15(6-7-19-16)20-11-14(22)8-12-4-2-1-3-5-12/h1-7,9-10,14,22H,8,11H2,(H,19,20). The number of aromatic nitrogens is 2. The fourth-order valence-corrected chi connectivity index (χ4v) is 2.65. The second kappa shape index (κ2) is 6.85. The molecule has 3 rings (SSSR count). The fraction of sp³-hybridized carbons (Fsp3) is 0.176. The largest absolute Gasteiger partial charge is 0.391 e. The number of rotatable bonds is 5. The lowest BCUT2D eigenvalue weighted by Crippen LogP contribution is -2.22. The molecule has 1 aromatic carbocycles. The smallest absolute Gasteiger partial charge is 0.112 e. The van der Waals surface area contributed by atoms with E-state index in [4.69, 9.17) is 0 Å². The Hall–Kier alpha value is -1.98. The number of halogens is 1. The van der Waals surface area contributed by atoms with Crippen LogP contribution < -0.4 is 5.32 Å². The first kappa shape index (κ1) is 14.9. The zero-order chi connectivity index (χ0) is 15.4. The van der Waals surface area contributed by atoms with Crippen molar-refractivity contribution < 1.29 is 5.11 Å². The second-order valence-corrected chi connectivity index (χ2v) is 6.02. The summed E-state index contributed by atoms with van der Waals surface area (Å²) >= 11 is 3.39. The molecule has 112 valence electrons. The number of anilines is 1. The van der Waals surface area contributed by atoms with Gasteiger partial charge in [0.1, 0.15) is 5.52 Å². The quantitative estimate of drug-likeness (QED) is 0.734. The summed E-state index contributed by atoms with van der Waals surface area (Å²) in [4.78, 5) is 8.69. The Bertz CT molecular complexity index is 764. The van der Waals surface area contributed by atoms with Gasteiger partial charge in [-0.3, -0.25) is 9.97 Å². The predicted octanol–water partition coefficient (Wildman–Crippen LogP) is 3.41. The summed E-state index contributed by atoms with van der Waals surface area (Å²) < 4.78 is 0.897. The van der Waals surface area contributed by atoms with E-state index in [1.54, 1.807) is 12.4 Å². The summed E-state index contributed by atoms with van der Waals surface area (Å²) in [6.07, 6.45) is 3.65. The van der Waals surface area contributed by atoms with Crippen molar-refractivity contribution in [3.8, 4) is 0 Å². The molecular formula is C17H16BrN3O. The molecule has 0 radical (unpaired) electrons. The molecule has 0 saturated carbocycles. The van der Waals surface area contributed by atoms with Crippen molar-refractivity contribution in [2.45, 2.75) is 12.5 Å². The van der Waals surface area contributed by atoms with Gasteiger partial charge in [0.2, 0.25) is 0 Å². The molecule has 0 bridgehead atoms. The zero-order valence-corrected chi connectivity index (χ0v) is 13.5. The molecule has 5 heteroatoms. The lowest BCUT2D eigenvalue weighted by atomic mass is 10.1. The van der Waals surface area contributed by atoms with Gasteiger partial charge in [0.15, 0.2) is 0 Å². The van der Waals surface area contributed by atoms with Crippen LogP contribution in [-0.4, -0.2) is 27.7 Å². The summed E-state index contributed by atoms with van der Waals surface area (Å²) in [5.41, 5.74) is 3.62. The summed E-state index contributed by atoms with van der Waals surface area (Å²) in [5, 5.41) is 13.4. The fourth-order valence-electron chi connectivity index (χ4n) is 2.33. The molecule has 2 heterocycles. The van der Waals surface area contributed by atoms with Crippen molar-refractivity contribution >= 4 is 32.7 Å². The number of hydrogen-bond donors (Lipinski definition) is 2. The third-order valence-corrected chi connectivity index (χ3v) is 3.82. The van der Waals surface area contributed by atoms with E-state index in [0.29, 0.717) is 13.0 Å². The molecule has 2 N–H and O–H groups in total. The second-order valence-electron chi connectivity index (χ2n) is 5.10. The molecule has 4 nitrogen and oxygen atoms in total. The maximum absolute atomic E-state index is 10.2. The van der Waals surface area contributed by atoms with Crippen LogP contribution in [0.4, 0.5) is 5.69 Å². The van der Waals surface area contributed by atoms with E-state index >= 15 is 0 Å². The van der Waals surface area contributed by atoms with Crippen LogP contribution in [0.3, 0.4) is 0 Å². The number of pyridine rings is 2. The SMILES string of the molecule is OC(CNc1ccnc2cc(Br)cnc12)Cc1ccccc1. The summed E-state index contributed by atoms with van der Waals surface area (Å²) in [7, 11) is 0. The molecule has 0 spiro atoms. The number of hydrogen-bond acceptors (Lipinski definition) is 4. The van der Waals surface area contributed by atoms with Crippen LogP contribution in [0.1, 0.15) is 5.56 Å². The van der Waals surface area contributed by atoms with Crippen molar-refractivity contribution in [2.75, 3.05) is 11.9 Å². The van der Waals surface area contributed by atoms with Crippen LogP contribution in [0.15, 0.2) is 59.3 Å². The average Bonchev–Trinajstić information content (AvgIpc) is 2.53. The summed E-state index contributed by atoms with van der Waals surface area (Å²) in [5.74, 6) is 0. The van der Waals surface area contributed by atoms with E-state index in [-0.39, 0.29) is 0 Å². The highest BCUT2D eigenvalue weighted by molar-refractivity contribution is 9.10. The van der Waals surface area contributed by atoms with E-state index in [1.165, 1.54) is 0 Å². The normalized spacial score (nSPS) is 12.3. The monoisotopic (exact) mass is 357 g/mol. The van der Waals surface area contributed by atoms with Crippen molar-refractivity contribution in [1.29, 1.82) is 0 Å². The van der Waals surface area contributed by atoms with E-state index in [0.717, 1.165) is 26.8 Å². The van der Waals surface area contributed by atoms with Gasteiger partial charge in [-0.2, -0.15) is 0 Å². The molecule has 0 fully saturated rings. The van der Waals surface area contributed by atoms with Crippen molar-refractivity contribution in [2.24, 2.45) is 0 Å². The van der Waals surface area contributed by atoms with E-state index in [2.05, 4.69) is 31.2 Å². The zero-order valence-electron chi connectivity index (χ0n) is 11.9. The molecule has 0 aliphatic rings. The first-order valence-corrected chi connectivity index (χ1v) is 7.88. The van der Waals surface area contributed by atoms with Gasteiger partial charge in [-0.05, 0) is 33.6 Å². The number of nitrogens with zero attached hydrogens (tertiary/aromatic N) is 2. The molecule has 0 aliphatic heterocycles. The van der Waals surface area contributed by atoms with Crippen LogP contribution >= 0.6 is 15.9 Å². The van der Waals surface area contributed by atoms with Crippen molar-refractivity contribution in [3.63, 3.8) is 0 Å². The van der Waals surface area contributed by atoms with Gasteiger partial charge in [0, 0.05) is 29.8 Å². The highest BCUT2D eigenvalue weighted by Gasteiger charge is 2.08. The van der Waals surface area contributed by atoms with Gasteiger partial charge in [-0.25, -0.2) is 0 Å². The Morgan fingerprint density at radius 3 is 2.77 bits per heavy atom. The van der Waals surface area contributed by atoms with Gasteiger partial charge in [-0.15, -0.1) is 0 Å². The van der Waals surface area contributed by atoms with Crippen LogP contribution in [0.25, 0.3) is 11.0 Å². The molecule has 0 amide bonds. The number of nitrogens with one attached hydrogen (secondary N) is 1. The minimum atomic E-state index is -0.457. The lowest BCUT2D eigenvalue weighted by molar-refractivity contribution is 0.188. The van der Waals surface area contributed by atoms with Crippen LogP contribution in [0.5, 0.6) is 0 Å². The average molecular weight is 358 g/mol. The topological polar surface area (TPSA) is 58.0 Å². The molecular weight excluding hydrogens is 342 g/mol. The maximum atomic E-state index is 10.2. The maximum Gasteiger partial charge on any atom is 0.112 e. The van der Waals surface area contributed by atoms with Crippen LogP contribution in [0.2, 0.25) is 0 Å². The third-order valence-electron chi connectivity index (χ3n) is 3.39. The van der Waals surface area contributed by atoms with Crippen molar-refractivity contribution in [3.05, 3.63) is 64.9 Å². The first-order chi connectivity index (χ1) is 10.7. The number of benzene rings is 1. The van der Waals surface area contributed by atoms with Crippen LogP contribution in [0, 0.1) is 0 Å². The Balaban J connectivity index is 1.69. The Morgan fingerprint density at radius 2 is 1.95 bits per heavy atom. The molecule has 0 aliphatic carbocycles. The van der Waals surface area contributed by atoms with Crippen LogP contribution in [-0.2, 0) is 6.42 Å². The Labute approximate surface area is 137 Å². The predicted molar refractivity (Wildman–Crippen MR) is 91.9 cm³/mol. The molecule has 1 unspecified atom stereocenters. The lowest BCUT2D eigenvalue weighted by Gasteiger charge is -2.14. The highest BCUT2D eigenvalue weighted by Crippen LogP contribution is 2.22. The number of aliphatic hydroxyl groups excluding tert-OH is 1. The Kier molecular flexibility index (Phi) is 4.65. The van der Waals surface area contributed by atoms with E-state index < -0.39 is 6.10 Å². The third kappa shape index (κ3) is 3.61. The molecule has 2 aromatic heterocycles. The summed E-state index contributed by atoms with van der Waals surface area (Å²) in [6, 6.07) is 13.8. The summed E-state index contributed by atoms with van der Waals surface area (Å²) in [6.45, 7) is 0.464.